The third kappa shape index (κ3) is 2.44. The number of rotatable bonds is 3. The molecule has 0 radical (unpaired) electrons. The summed E-state index contributed by atoms with van der Waals surface area (Å²) in [7, 11) is 0. The standard InChI is InChI=1S/C20H12N4O2/c1-3-16(15-4-2-10-22-17(15)5-1)20-24-23-19(26-20)14-8-6-13(7-9-14)18-11-21-12-25-18/h1-12H. The Morgan fingerprint density at radius 3 is 2.46 bits per heavy atom. The van der Waals surface area contributed by atoms with Crippen LogP contribution in [0, 0.1) is 0 Å². The summed E-state index contributed by atoms with van der Waals surface area (Å²) >= 11 is 0. The topological polar surface area (TPSA) is 77.8 Å². The van der Waals surface area contributed by atoms with Gasteiger partial charge in [0.05, 0.1) is 11.7 Å². The van der Waals surface area contributed by atoms with Crippen molar-refractivity contribution in [2.75, 3.05) is 0 Å². The van der Waals surface area contributed by atoms with E-state index in [9.17, 15) is 0 Å². The molecule has 0 saturated carbocycles. The molecule has 0 unspecified atom stereocenters. The van der Waals surface area contributed by atoms with Crippen molar-refractivity contribution in [3.63, 3.8) is 0 Å². The van der Waals surface area contributed by atoms with Crippen LogP contribution < -0.4 is 0 Å². The maximum Gasteiger partial charge on any atom is 0.248 e. The Morgan fingerprint density at radius 2 is 1.62 bits per heavy atom. The fourth-order valence-corrected chi connectivity index (χ4v) is 2.87. The summed E-state index contributed by atoms with van der Waals surface area (Å²) in [6, 6.07) is 17.4. The zero-order chi connectivity index (χ0) is 17.3. The summed E-state index contributed by atoms with van der Waals surface area (Å²) in [5.74, 6) is 1.65. The fraction of sp³-hybridized carbons (Fsp3) is 0. The molecule has 0 amide bonds. The molecule has 124 valence electrons. The van der Waals surface area contributed by atoms with Crippen LogP contribution in [0.2, 0.25) is 0 Å². The molecule has 3 aromatic heterocycles. The molecule has 5 rings (SSSR count). The highest BCUT2D eigenvalue weighted by Gasteiger charge is 2.13. The van der Waals surface area contributed by atoms with Crippen molar-refractivity contribution in [1.82, 2.24) is 20.2 Å². The van der Waals surface area contributed by atoms with E-state index in [1.165, 1.54) is 6.39 Å². The highest BCUT2D eigenvalue weighted by molar-refractivity contribution is 5.92. The molecule has 0 aliphatic carbocycles. The van der Waals surface area contributed by atoms with Crippen molar-refractivity contribution in [3.8, 4) is 34.2 Å². The largest absolute Gasteiger partial charge is 0.444 e. The summed E-state index contributed by atoms with van der Waals surface area (Å²) in [5, 5.41) is 9.38. The second kappa shape index (κ2) is 5.93. The number of nitrogens with zero attached hydrogens (tertiary/aromatic N) is 4. The second-order valence-electron chi connectivity index (χ2n) is 5.73. The summed E-state index contributed by atoms with van der Waals surface area (Å²) in [5.41, 5.74) is 3.53. The van der Waals surface area contributed by atoms with Crippen molar-refractivity contribution in [3.05, 3.63) is 73.4 Å². The maximum atomic E-state index is 5.91. The van der Waals surface area contributed by atoms with Gasteiger partial charge in [-0.3, -0.25) is 4.98 Å². The Morgan fingerprint density at radius 1 is 0.769 bits per heavy atom. The number of fused-ring (bicyclic) bond motifs is 1. The normalized spacial score (nSPS) is 11.1. The average molecular weight is 340 g/mol. The van der Waals surface area contributed by atoms with Gasteiger partial charge in [0, 0.05) is 28.3 Å². The third-order valence-electron chi connectivity index (χ3n) is 4.15. The van der Waals surface area contributed by atoms with Crippen LogP contribution in [0.4, 0.5) is 0 Å². The molecule has 0 atom stereocenters. The molecule has 6 nitrogen and oxygen atoms in total. The molecule has 6 heteroatoms. The molecule has 0 aliphatic heterocycles. The monoisotopic (exact) mass is 340 g/mol. The van der Waals surface area contributed by atoms with Crippen molar-refractivity contribution >= 4 is 10.9 Å². The van der Waals surface area contributed by atoms with Crippen LogP contribution in [-0.4, -0.2) is 20.2 Å². The quantitative estimate of drug-likeness (QED) is 0.477. The summed E-state index contributed by atoms with van der Waals surface area (Å²) in [6.45, 7) is 0. The van der Waals surface area contributed by atoms with Gasteiger partial charge in [0.15, 0.2) is 12.2 Å². The smallest absolute Gasteiger partial charge is 0.248 e. The molecule has 0 spiro atoms. The van der Waals surface area contributed by atoms with E-state index in [1.54, 1.807) is 12.4 Å². The molecule has 0 bridgehead atoms. The first-order chi connectivity index (χ1) is 12.9. The van der Waals surface area contributed by atoms with Gasteiger partial charge in [-0.25, -0.2) is 4.98 Å². The summed E-state index contributed by atoms with van der Waals surface area (Å²) in [6.07, 6.45) is 4.85. The first-order valence-electron chi connectivity index (χ1n) is 8.05. The van der Waals surface area contributed by atoms with Crippen LogP contribution in [-0.2, 0) is 0 Å². The SMILES string of the molecule is c1cc(-c2nnc(-c3ccc(-c4cnco4)cc3)o2)c2cccnc2c1. The van der Waals surface area contributed by atoms with Crippen molar-refractivity contribution in [2.24, 2.45) is 0 Å². The Hall–Kier alpha value is -3.80. The van der Waals surface area contributed by atoms with E-state index in [1.807, 2.05) is 54.6 Å². The summed E-state index contributed by atoms with van der Waals surface area (Å²) < 4.78 is 11.2. The number of benzene rings is 2. The van der Waals surface area contributed by atoms with E-state index in [0.717, 1.165) is 27.6 Å². The van der Waals surface area contributed by atoms with Crippen LogP contribution in [0.5, 0.6) is 0 Å². The minimum atomic E-state index is 0.463. The van der Waals surface area contributed by atoms with Gasteiger partial charge in [-0.1, -0.05) is 24.3 Å². The number of oxazole rings is 1. The Labute approximate surface area is 148 Å². The van der Waals surface area contributed by atoms with Gasteiger partial charge in [0.1, 0.15) is 0 Å². The Kier molecular flexibility index (Phi) is 3.31. The van der Waals surface area contributed by atoms with Gasteiger partial charge in [0.2, 0.25) is 11.8 Å². The van der Waals surface area contributed by atoms with Crippen LogP contribution in [0.25, 0.3) is 45.1 Å². The lowest BCUT2D eigenvalue weighted by Crippen LogP contribution is -1.83. The zero-order valence-corrected chi connectivity index (χ0v) is 13.5. The summed E-state index contributed by atoms with van der Waals surface area (Å²) in [4.78, 5) is 8.29. The second-order valence-corrected chi connectivity index (χ2v) is 5.73. The van der Waals surface area contributed by atoms with Gasteiger partial charge in [-0.2, -0.15) is 0 Å². The lowest BCUT2D eigenvalue weighted by molar-refractivity contribution is 0.572. The van der Waals surface area contributed by atoms with Gasteiger partial charge in [-0.05, 0) is 30.3 Å². The molecule has 3 heterocycles. The molecule has 2 aromatic carbocycles. The van der Waals surface area contributed by atoms with Crippen molar-refractivity contribution in [1.29, 1.82) is 0 Å². The molecule has 0 saturated heterocycles. The van der Waals surface area contributed by atoms with Crippen molar-refractivity contribution < 1.29 is 8.83 Å². The highest BCUT2D eigenvalue weighted by atomic mass is 16.4. The predicted octanol–water partition coefficient (Wildman–Crippen LogP) is 4.61. The lowest BCUT2D eigenvalue weighted by Gasteiger charge is -2.01. The maximum absolute atomic E-state index is 5.91. The molecular weight excluding hydrogens is 328 g/mol. The van der Waals surface area contributed by atoms with E-state index in [-0.39, 0.29) is 0 Å². The molecule has 26 heavy (non-hydrogen) atoms. The van der Waals surface area contributed by atoms with E-state index in [4.69, 9.17) is 8.83 Å². The molecule has 0 fully saturated rings. The average Bonchev–Trinajstić information content (AvgIpc) is 3.40. The highest BCUT2D eigenvalue weighted by Crippen LogP contribution is 2.30. The van der Waals surface area contributed by atoms with Crippen molar-refractivity contribution in [2.45, 2.75) is 0 Å². The first-order valence-corrected chi connectivity index (χ1v) is 8.05. The van der Waals surface area contributed by atoms with Crippen LogP contribution in [0.3, 0.4) is 0 Å². The third-order valence-corrected chi connectivity index (χ3v) is 4.15. The van der Waals surface area contributed by atoms with E-state index < -0.39 is 0 Å². The molecular formula is C20H12N4O2. The Bertz CT molecular complexity index is 1170. The van der Waals surface area contributed by atoms with Crippen LogP contribution >= 0.6 is 0 Å². The van der Waals surface area contributed by atoms with Crippen LogP contribution in [0.15, 0.2) is 82.2 Å². The van der Waals surface area contributed by atoms with E-state index in [0.29, 0.717) is 17.5 Å². The van der Waals surface area contributed by atoms with Gasteiger partial charge in [-0.15, -0.1) is 10.2 Å². The molecule has 0 aliphatic rings. The number of hydrogen-bond donors (Lipinski definition) is 0. The molecule has 5 aromatic rings. The minimum Gasteiger partial charge on any atom is -0.444 e. The molecule has 0 N–H and O–H groups in total. The van der Waals surface area contributed by atoms with E-state index in [2.05, 4.69) is 20.2 Å². The van der Waals surface area contributed by atoms with E-state index >= 15 is 0 Å². The lowest BCUT2D eigenvalue weighted by atomic mass is 10.1. The number of pyridine rings is 1. The Balaban J connectivity index is 1.52. The fourth-order valence-electron chi connectivity index (χ4n) is 2.87. The van der Waals surface area contributed by atoms with Crippen LogP contribution in [0.1, 0.15) is 0 Å². The minimum absolute atomic E-state index is 0.463. The van der Waals surface area contributed by atoms with Gasteiger partial charge < -0.3 is 8.83 Å². The van der Waals surface area contributed by atoms with Gasteiger partial charge >= 0.3 is 0 Å². The first kappa shape index (κ1) is 14.5. The predicted molar refractivity (Wildman–Crippen MR) is 96.0 cm³/mol. The number of hydrogen-bond acceptors (Lipinski definition) is 6. The number of aromatic nitrogens is 4. The van der Waals surface area contributed by atoms with Gasteiger partial charge in [0.25, 0.3) is 0 Å². The zero-order valence-electron chi connectivity index (χ0n) is 13.5.